The lowest BCUT2D eigenvalue weighted by Gasteiger charge is -2.34. The molecule has 1 saturated carbocycles. The van der Waals surface area contributed by atoms with E-state index in [1.807, 2.05) is 6.07 Å². The van der Waals surface area contributed by atoms with Gasteiger partial charge in [0.2, 0.25) is 0 Å². The summed E-state index contributed by atoms with van der Waals surface area (Å²) in [5.41, 5.74) is 5.92. The number of nitrogens with one attached hydrogen (secondary N) is 2. The standard InChI is InChI=1S/C14H20N6O6S/c15-13(16)17-8-3-7(4-8)12-5-10(18-25-12)11-2-1-9-6-19(11)14(21)20(9)26-27(22,23)24/h5,7-9,11H,1-4,6H2,(H4,15,16,17)(H,22,23,24)/t7-,8-,9-,11+/m1/s1. The second-order valence-corrected chi connectivity index (χ2v) is 8.09. The van der Waals surface area contributed by atoms with Crippen LogP contribution < -0.4 is 11.1 Å². The van der Waals surface area contributed by atoms with E-state index in [1.54, 1.807) is 0 Å². The summed E-state index contributed by atoms with van der Waals surface area (Å²) in [4.78, 5) is 13.9. The van der Waals surface area contributed by atoms with Crippen molar-refractivity contribution >= 4 is 22.4 Å². The fourth-order valence-corrected chi connectivity index (χ4v) is 4.37. The van der Waals surface area contributed by atoms with E-state index in [-0.39, 0.29) is 30.5 Å². The van der Waals surface area contributed by atoms with Crippen LogP contribution in [0.5, 0.6) is 0 Å². The van der Waals surface area contributed by atoms with Gasteiger partial charge >= 0.3 is 16.4 Å². The zero-order valence-electron chi connectivity index (χ0n) is 14.2. The highest BCUT2D eigenvalue weighted by Crippen LogP contribution is 2.41. The molecule has 0 spiro atoms. The van der Waals surface area contributed by atoms with E-state index < -0.39 is 22.5 Å². The van der Waals surface area contributed by atoms with Crippen molar-refractivity contribution in [2.45, 2.75) is 49.7 Å². The van der Waals surface area contributed by atoms with Gasteiger partial charge in [0.15, 0.2) is 5.96 Å². The minimum Gasteiger partial charge on any atom is -0.370 e. The van der Waals surface area contributed by atoms with Crippen molar-refractivity contribution in [2.24, 2.45) is 5.73 Å². The molecule has 3 heterocycles. The van der Waals surface area contributed by atoms with Gasteiger partial charge < -0.3 is 20.5 Å². The minimum absolute atomic E-state index is 0.0577. The van der Waals surface area contributed by atoms with E-state index in [1.165, 1.54) is 4.90 Å². The lowest BCUT2D eigenvalue weighted by atomic mass is 9.78. The van der Waals surface area contributed by atoms with Crippen molar-refractivity contribution < 1.29 is 26.6 Å². The van der Waals surface area contributed by atoms with Crippen molar-refractivity contribution in [3.05, 3.63) is 17.5 Å². The first-order valence-corrected chi connectivity index (χ1v) is 9.91. The van der Waals surface area contributed by atoms with Crippen molar-refractivity contribution in [3.63, 3.8) is 0 Å². The molecule has 2 amide bonds. The summed E-state index contributed by atoms with van der Waals surface area (Å²) in [6.45, 7) is 0.287. The van der Waals surface area contributed by atoms with Gasteiger partial charge in [0, 0.05) is 24.6 Å². The summed E-state index contributed by atoms with van der Waals surface area (Å²) in [6.07, 6.45) is 2.64. The molecule has 4 rings (SSSR count). The number of urea groups is 1. The highest BCUT2D eigenvalue weighted by Gasteiger charge is 2.48. The van der Waals surface area contributed by atoms with Crippen molar-refractivity contribution in [1.29, 1.82) is 5.41 Å². The van der Waals surface area contributed by atoms with E-state index in [0.29, 0.717) is 29.4 Å². The van der Waals surface area contributed by atoms with Crippen LogP contribution in [0.3, 0.4) is 0 Å². The summed E-state index contributed by atoms with van der Waals surface area (Å²) in [5.74, 6) is 0.831. The number of carbonyl (C=O) groups excluding carboxylic acids is 1. The first-order valence-electron chi connectivity index (χ1n) is 8.55. The second-order valence-electron chi connectivity index (χ2n) is 7.09. The number of fused-ring (bicyclic) bond motifs is 2. The first-order chi connectivity index (χ1) is 12.7. The molecule has 2 aliphatic heterocycles. The highest BCUT2D eigenvalue weighted by atomic mass is 32.3. The second kappa shape index (κ2) is 6.35. The van der Waals surface area contributed by atoms with Gasteiger partial charge in [-0.1, -0.05) is 5.16 Å². The zero-order chi connectivity index (χ0) is 19.3. The summed E-state index contributed by atoms with van der Waals surface area (Å²) in [7, 11) is -4.76. The van der Waals surface area contributed by atoms with Gasteiger partial charge in [0.1, 0.15) is 11.5 Å². The number of hydrogen-bond acceptors (Lipinski definition) is 7. The summed E-state index contributed by atoms with van der Waals surface area (Å²) in [6, 6.07) is 0.556. The Balaban J connectivity index is 1.43. The largest absolute Gasteiger partial charge is 0.418 e. The SMILES string of the molecule is N=C(N)N[C@H]1C[C@H](c2cc([C@@H]3CC[C@@H]4CN3C(=O)N4OS(=O)(=O)O)no2)C1. The van der Waals surface area contributed by atoms with E-state index >= 15 is 0 Å². The Hall–Kier alpha value is -2.38. The number of carbonyl (C=O) groups is 1. The van der Waals surface area contributed by atoms with Gasteiger partial charge in [-0.2, -0.15) is 13.5 Å². The van der Waals surface area contributed by atoms with Crippen LogP contribution in [0, 0.1) is 5.41 Å². The molecule has 3 aliphatic rings. The number of aromatic nitrogens is 1. The first kappa shape index (κ1) is 18.0. The third-order valence-electron chi connectivity index (χ3n) is 5.29. The molecule has 2 bridgehead atoms. The Morgan fingerprint density at radius 2 is 2.19 bits per heavy atom. The van der Waals surface area contributed by atoms with Crippen LogP contribution >= 0.6 is 0 Å². The lowest BCUT2D eigenvalue weighted by molar-refractivity contribution is -0.0317. The van der Waals surface area contributed by atoms with Crippen LogP contribution in [0.1, 0.15) is 49.1 Å². The molecule has 0 aromatic carbocycles. The lowest BCUT2D eigenvalue weighted by Crippen LogP contribution is -2.46. The van der Waals surface area contributed by atoms with Crippen molar-refractivity contribution in [2.75, 3.05) is 6.54 Å². The number of piperidine rings is 1. The Bertz CT molecular complexity index is 865. The molecule has 2 atom stereocenters. The maximum Gasteiger partial charge on any atom is 0.418 e. The predicted octanol–water partition coefficient (Wildman–Crippen LogP) is 0.0792. The van der Waals surface area contributed by atoms with Crippen LogP contribution in [0.15, 0.2) is 10.6 Å². The highest BCUT2D eigenvalue weighted by molar-refractivity contribution is 7.80. The average molecular weight is 400 g/mol. The minimum atomic E-state index is -4.76. The van der Waals surface area contributed by atoms with Crippen LogP contribution in [0.2, 0.25) is 0 Å². The fourth-order valence-electron chi connectivity index (χ4n) is 3.98. The third-order valence-corrected chi connectivity index (χ3v) is 5.63. The van der Waals surface area contributed by atoms with E-state index in [9.17, 15) is 13.2 Å². The van der Waals surface area contributed by atoms with Crippen LogP contribution in [-0.4, -0.2) is 58.7 Å². The van der Waals surface area contributed by atoms with Crippen LogP contribution in [-0.2, 0) is 14.7 Å². The normalized spacial score (nSPS) is 30.3. The topological polar surface area (TPSA) is 175 Å². The Kier molecular flexibility index (Phi) is 4.24. The van der Waals surface area contributed by atoms with Gasteiger partial charge in [-0.15, -0.1) is 4.28 Å². The Morgan fingerprint density at radius 3 is 2.85 bits per heavy atom. The number of hydrogen-bond donors (Lipinski definition) is 4. The Labute approximate surface area is 155 Å². The smallest absolute Gasteiger partial charge is 0.370 e. The molecule has 148 valence electrons. The van der Waals surface area contributed by atoms with Crippen LogP contribution in [0.4, 0.5) is 4.79 Å². The molecule has 1 aromatic rings. The molecule has 5 N–H and O–H groups in total. The summed E-state index contributed by atoms with van der Waals surface area (Å²) >= 11 is 0. The van der Waals surface area contributed by atoms with Crippen LogP contribution in [0.25, 0.3) is 0 Å². The number of nitrogens with zero attached hydrogens (tertiary/aromatic N) is 3. The molecule has 1 aliphatic carbocycles. The molecule has 3 fully saturated rings. The zero-order valence-corrected chi connectivity index (χ0v) is 15.1. The molecular weight excluding hydrogens is 380 g/mol. The average Bonchev–Trinajstić information content (AvgIpc) is 3.10. The fraction of sp³-hybridized carbons (Fsp3) is 0.643. The summed E-state index contributed by atoms with van der Waals surface area (Å²) < 4.78 is 40.6. The van der Waals surface area contributed by atoms with Crippen molar-refractivity contribution in [3.8, 4) is 0 Å². The molecule has 1 aromatic heterocycles. The third kappa shape index (κ3) is 3.44. The number of nitrogens with two attached hydrogens (primary N) is 1. The van der Waals surface area contributed by atoms with E-state index in [2.05, 4.69) is 14.8 Å². The van der Waals surface area contributed by atoms with E-state index in [4.69, 9.17) is 20.2 Å². The number of hydroxylamine groups is 2. The van der Waals surface area contributed by atoms with Gasteiger partial charge in [-0.25, -0.2) is 4.79 Å². The predicted molar refractivity (Wildman–Crippen MR) is 89.7 cm³/mol. The monoisotopic (exact) mass is 400 g/mol. The molecule has 13 heteroatoms. The number of amides is 2. The van der Waals surface area contributed by atoms with E-state index in [0.717, 1.165) is 12.8 Å². The number of rotatable bonds is 5. The van der Waals surface area contributed by atoms with Gasteiger partial charge in [0.05, 0.1) is 12.1 Å². The maximum atomic E-state index is 12.5. The van der Waals surface area contributed by atoms with Gasteiger partial charge in [0.25, 0.3) is 0 Å². The molecule has 2 saturated heterocycles. The quantitative estimate of drug-likeness (QED) is 0.303. The molecular formula is C14H20N6O6S. The molecule has 0 radical (unpaired) electrons. The van der Waals surface area contributed by atoms with Gasteiger partial charge in [-0.3, -0.25) is 9.96 Å². The molecule has 27 heavy (non-hydrogen) atoms. The Morgan fingerprint density at radius 1 is 1.44 bits per heavy atom. The van der Waals surface area contributed by atoms with Gasteiger partial charge in [-0.05, 0) is 25.7 Å². The number of guanidine groups is 1. The molecule has 12 nitrogen and oxygen atoms in total. The molecule has 0 unspecified atom stereocenters. The maximum absolute atomic E-state index is 12.5. The van der Waals surface area contributed by atoms with Crippen molar-refractivity contribution in [1.82, 2.24) is 20.4 Å². The summed E-state index contributed by atoms with van der Waals surface area (Å²) in [5, 5.41) is 14.9.